The van der Waals surface area contributed by atoms with Crippen molar-refractivity contribution in [2.45, 2.75) is 26.2 Å². The molecule has 0 amide bonds. The Kier molecular flexibility index (Phi) is 5.93. The van der Waals surface area contributed by atoms with E-state index in [2.05, 4.69) is 69.1 Å². The van der Waals surface area contributed by atoms with Crippen molar-refractivity contribution in [2.24, 2.45) is 0 Å². The number of benzene rings is 2. The molecule has 0 nitrogen and oxygen atoms in total. The number of hydrogen-bond donors (Lipinski definition) is 0. The summed E-state index contributed by atoms with van der Waals surface area (Å²) >= 11 is 0. The molecule has 0 aromatic heterocycles. The van der Waals surface area contributed by atoms with E-state index in [1.165, 1.54) is 28.3 Å². The van der Waals surface area contributed by atoms with E-state index in [-0.39, 0.29) is 0 Å². The van der Waals surface area contributed by atoms with Crippen LogP contribution in [0.2, 0.25) is 0 Å². The van der Waals surface area contributed by atoms with Gasteiger partial charge < -0.3 is 0 Å². The SMILES string of the molecule is C=C.C=C(CCC)Cc1cccc2ccccc12. The van der Waals surface area contributed by atoms with E-state index in [9.17, 15) is 0 Å². The van der Waals surface area contributed by atoms with Gasteiger partial charge in [0.15, 0.2) is 0 Å². The van der Waals surface area contributed by atoms with Gasteiger partial charge in [-0.15, -0.1) is 13.2 Å². The molecule has 0 bridgehead atoms. The highest BCUT2D eigenvalue weighted by Crippen LogP contribution is 2.21. The summed E-state index contributed by atoms with van der Waals surface area (Å²) in [4.78, 5) is 0. The highest BCUT2D eigenvalue weighted by atomic mass is 14.1. The molecule has 0 aliphatic carbocycles. The summed E-state index contributed by atoms with van der Waals surface area (Å²) in [5.74, 6) is 0. The number of hydrogen-bond acceptors (Lipinski definition) is 0. The lowest BCUT2D eigenvalue weighted by molar-refractivity contribution is 0.877. The molecular formula is C18H22. The van der Waals surface area contributed by atoms with Crippen molar-refractivity contribution in [1.29, 1.82) is 0 Å². The van der Waals surface area contributed by atoms with Crippen molar-refractivity contribution in [3.8, 4) is 0 Å². The first-order valence-electron chi connectivity index (χ1n) is 6.44. The molecule has 0 aliphatic heterocycles. The molecular weight excluding hydrogens is 216 g/mol. The van der Waals surface area contributed by atoms with Gasteiger partial charge in [-0.25, -0.2) is 0 Å². The Balaban J connectivity index is 0.000000771. The first-order chi connectivity index (χ1) is 8.81. The lowest BCUT2D eigenvalue weighted by atomic mass is 9.97. The van der Waals surface area contributed by atoms with Gasteiger partial charge in [-0.2, -0.15) is 0 Å². The van der Waals surface area contributed by atoms with E-state index < -0.39 is 0 Å². The Hall–Kier alpha value is -1.82. The van der Waals surface area contributed by atoms with Gasteiger partial charge in [0, 0.05) is 0 Å². The van der Waals surface area contributed by atoms with Gasteiger partial charge in [-0.05, 0) is 29.2 Å². The van der Waals surface area contributed by atoms with Crippen LogP contribution in [0.15, 0.2) is 67.8 Å². The Labute approximate surface area is 111 Å². The maximum atomic E-state index is 4.15. The minimum Gasteiger partial charge on any atom is -0.106 e. The summed E-state index contributed by atoms with van der Waals surface area (Å²) in [6, 6.07) is 15.1. The second-order valence-electron chi connectivity index (χ2n) is 4.32. The van der Waals surface area contributed by atoms with Gasteiger partial charge in [-0.3, -0.25) is 0 Å². The monoisotopic (exact) mass is 238 g/mol. The first kappa shape index (κ1) is 14.2. The van der Waals surface area contributed by atoms with Gasteiger partial charge in [0.2, 0.25) is 0 Å². The molecule has 0 spiro atoms. The van der Waals surface area contributed by atoms with Crippen LogP contribution in [0.4, 0.5) is 0 Å². The Bertz CT molecular complexity index is 503. The summed E-state index contributed by atoms with van der Waals surface area (Å²) < 4.78 is 0. The van der Waals surface area contributed by atoms with E-state index in [4.69, 9.17) is 0 Å². The zero-order chi connectivity index (χ0) is 13.4. The maximum absolute atomic E-state index is 4.15. The molecule has 0 heteroatoms. The second-order valence-corrected chi connectivity index (χ2v) is 4.32. The summed E-state index contributed by atoms with van der Waals surface area (Å²) in [7, 11) is 0. The van der Waals surface area contributed by atoms with E-state index in [0.29, 0.717) is 0 Å². The molecule has 0 atom stereocenters. The van der Waals surface area contributed by atoms with Crippen LogP contribution < -0.4 is 0 Å². The van der Waals surface area contributed by atoms with Crippen molar-refractivity contribution < 1.29 is 0 Å². The van der Waals surface area contributed by atoms with E-state index in [0.717, 1.165) is 12.8 Å². The lowest BCUT2D eigenvalue weighted by Gasteiger charge is -2.08. The molecule has 2 aromatic carbocycles. The molecule has 2 rings (SSSR count). The quantitative estimate of drug-likeness (QED) is 0.613. The van der Waals surface area contributed by atoms with E-state index in [1.807, 2.05) is 0 Å². The fraction of sp³-hybridized carbons (Fsp3) is 0.222. The summed E-state index contributed by atoms with van der Waals surface area (Å²) in [5.41, 5.74) is 2.73. The average molecular weight is 238 g/mol. The standard InChI is InChI=1S/C16H18.C2H4/c1-3-7-13(2)12-15-10-6-9-14-8-4-5-11-16(14)15;1-2/h4-6,8-11H,2-3,7,12H2,1H3;1-2H2. The molecule has 0 radical (unpaired) electrons. The van der Waals surface area contributed by atoms with Gasteiger partial charge in [0.1, 0.15) is 0 Å². The summed E-state index contributed by atoms with van der Waals surface area (Å²) in [6.07, 6.45) is 3.32. The predicted octanol–water partition coefficient (Wildman–Crippen LogP) is 5.54. The molecule has 94 valence electrons. The van der Waals surface area contributed by atoms with Crippen LogP contribution in [-0.4, -0.2) is 0 Å². The van der Waals surface area contributed by atoms with Crippen LogP contribution >= 0.6 is 0 Å². The van der Waals surface area contributed by atoms with Gasteiger partial charge in [0.25, 0.3) is 0 Å². The van der Waals surface area contributed by atoms with Crippen LogP contribution in [0.5, 0.6) is 0 Å². The zero-order valence-corrected chi connectivity index (χ0v) is 11.3. The molecule has 0 unspecified atom stereocenters. The summed E-state index contributed by atoms with van der Waals surface area (Å²) in [5, 5.41) is 2.69. The first-order valence-corrected chi connectivity index (χ1v) is 6.44. The molecule has 2 aromatic rings. The molecule has 0 heterocycles. The van der Waals surface area contributed by atoms with Crippen molar-refractivity contribution >= 4 is 10.8 Å². The third-order valence-electron chi connectivity index (χ3n) is 2.92. The fourth-order valence-electron chi connectivity index (χ4n) is 2.16. The minimum absolute atomic E-state index is 1.01. The normalized spacial score (nSPS) is 9.61. The third-order valence-corrected chi connectivity index (χ3v) is 2.92. The maximum Gasteiger partial charge on any atom is -0.00637 e. The minimum atomic E-state index is 1.01. The van der Waals surface area contributed by atoms with Crippen LogP contribution in [0.25, 0.3) is 10.8 Å². The smallest absolute Gasteiger partial charge is 0.00637 e. The average Bonchev–Trinajstić information content (AvgIpc) is 2.42. The second kappa shape index (κ2) is 7.50. The van der Waals surface area contributed by atoms with Crippen molar-refractivity contribution in [1.82, 2.24) is 0 Å². The van der Waals surface area contributed by atoms with Crippen LogP contribution in [0.1, 0.15) is 25.3 Å². The Morgan fingerprint density at radius 3 is 2.39 bits per heavy atom. The molecule has 0 saturated heterocycles. The van der Waals surface area contributed by atoms with E-state index in [1.54, 1.807) is 0 Å². The van der Waals surface area contributed by atoms with Gasteiger partial charge in [0.05, 0.1) is 0 Å². The largest absolute Gasteiger partial charge is 0.106 e. The molecule has 0 aliphatic rings. The van der Waals surface area contributed by atoms with Crippen LogP contribution in [0.3, 0.4) is 0 Å². The molecule has 0 saturated carbocycles. The van der Waals surface area contributed by atoms with Gasteiger partial charge in [-0.1, -0.05) is 68.0 Å². The summed E-state index contributed by atoms with van der Waals surface area (Å²) in [6.45, 7) is 12.3. The zero-order valence-electron chi connectivity index (χ0n) is 11.3. The topological polar surface area (TPSA) is 0 Å². The van der Waals surface area contributed by atoms with Crippen LogP contribution in [0, 0.1) is 0 Å². The number of rotatable bonds is 4. The number of allylic oxidation sites excluding steroid dienone is 1. The Morgan fingerprint density at radius 2 is 1.67 bits per heavy atom. The predicted molar refractivity (Wildman–Crippen MR) is 83.0 cm³/mol. The lowest BCUT2D eigenvalue weighted by Crippen LogP contribution is -1.90. The third kappa shape index (κ3) is 3.59. The van der Waals surface area contributed by atoms with Gasteiger partial charge >= 0.3 is 0 Å². The van der Waals surface area contributed by atoms with Crippen molar-refractivity contribution in [2.75, 3.05) is 0 Å². The van der Waals surface area contributed by atoms with Crippen LogP contribution in [-0.2, 0) is 6.42 Å². The highest BCUT2D eigenvalue weighted by molar-refractivity contribution is 5.85. The molecule has 0 N–H and O–H groups in total. The van der Waals surface area contributed by atoms with Crippen molar-refractivity contribution in [3.63, 3.8) is 0 Å². The fourth-order valence-corrected chi connectivity index (χ4v) is 2.16. The highest BCUT2D eigenvalue weighted by Gasteiger charge is 2.01. The van der Waals surface area contributed by atoms with Crippen molar-refractivity contribution in [3.05, 3.63) is 73.3 Å². The van der Waals surface area contributed by atoms with E-state index >= 15 is 0 Å². The molecule has 0 fully saturated rings. The number of fused-ring (bicyclic) bond motifs is 1. The Morgan fingerprint density at radius 1 is 1.00 bits per heavy atom. The molecule has 18 heavy (non-hydrogen) atoms.